The fourth-order valence-corrected chi connectivity index (χ4v) is 3.04. The van der Waals surface area contributed by atoms with E-state index < -0.39 is 11.7 Å². The maximum atomic E-state index is 12.2. The lowest BCUT2D eigenvalue weighted by molar-refractivity contribution is -0.117. The van der Waals surface area contributed by atoms with E-state index >= 15 is 0 Å². The molecule has 0 saturated carbocycles. The van der Waals surface area contributed by atoms with Crippen molar-refractivity contribution >= 4 is 23.3 Å². The van der Waals surface area contributed by atoms with Crippen molar-refractivity contribution < 1.29 is 9.21 Å². The summed E-state index contributed by atoms with van der Waals surface area (Å²) in [5.74, 6) is -0.600. The van der Waals surface area contributed by atoms with Gasteiger partial charge >= 0.3 is 5.76 Å². The summed E-state index contributed by atoms with van der Waals surface area (Å²) in [5.41, 5.74) is 2.26. The van der Waals surface area contributed by atoms with Gasteiger partial charge in [0, 0.05) is 30.4 Å². The third kappa shape index (κ3) is 4.03. The van der Waals surface area contributed by atoms with Crippen molar-refractivity contribution in [3.05, 3.63) is 69.7 Å². The molecule has 0 aliphatic heterocycles. The van der Waals surface area contributed by atoms with Crippen molar-refractivity contribution in [2.75, 3.05) is 5.32 Å². The van der Waals surface area contributed by atoms with E-state index in [-0.39, 0.29) is 12.4 Å². The van der Waals surface area contributed by atoms with Crippen LogP contribution in [0.3, 0.4) is 0 Å². The number of hydrogen-bond donors (Lipinski definition) is 1. The van der Waals surface area contributed by atoms with E-state index in [1.54, 1.807) is 25.6 Å². The summed E-state index contributed by atoms with van der Waals surface area (Å²) < 4.78 is 9.60. The van der Waals surface area contributed by atoms with E-state index in [0.29, 0.717) is 23.1 Å². The van der Waals surface area contributed by atoms with Gasteiger partial charge in [0.1, 0.15) is 18.1 Å². The van der Waals surface area contributed by atoms with Crippen LogP contribution < -0.4 is 11.1 Å². The molecule has 10 nitrogen and oxygen atoms in total. The molecular weight excluding hydrogens is 410 g/mol. The number of amides is 1. The largest absolute Gasteiger partial charge is 0.437 e. The molecule has 0 radical (unpaired) electrons. The molecule has 0 bridgehead atoms. The van der Waals surface area contributed by atoms with Crippen LogP contribution in [0.5, 0.6) is 0 Å². The molecule has 1 N–H and O–H groups in total. The second-order valence-electron chi connectivity index (χ2n) is 6.65. The highest BCUT2D eigenvalue weighted by atomic mass is 35.5. The molecule has 0 spiro atoms. The summed E-state index contributed by atoms with van der Waals surface area (Å²) in [7, 11) is 1.69. The van der Waals surface area contributed by atoms with Gasteiger partial charge in [-0.05, 0) is 24.6 Å². The highest BCUT2D eigenvalue weighted by Crippen LogP contribution is 2.20. The molecule has 3 heterocycles. The van der Waals surface area contributed by atoms with Crippen molar-refractivity contribution in [3.8, 4) is 11.6 Å². The monoisotopic (exact) mass is 427 g/mol. The molecule has 4 aromatic rings. The summed E-state index contributed by atoms with van der Waals surface area (Å²) in [5, 5.41) is 11.4. The van der Waals surface area contributed by atoms with Crippen molar-refractivity contribution in [2.45, 2.75) is 20.0 Å². The molecule has 3 aromatic heterocycles. The first-order chi connectivity index (χ1) is 14.4. The van der Waals surface area contributed by atoms with Crippen molar-refractivity contribution in [1.82, 2.24) is 29.1 Å². The Bertz CT molecular complexity index is 1250. The molecule has 11 heteroatoms. The predicted octanol–water partition coefficient (Wildman–Crippen LogP) is 2.08. The lowest BCUT2D eigenvalue weighted by Gasteiger charge is -2.05. The number of aryl methyl sites for hydroxylation is 1. The Morgan fingerprint density at radius 3 is 2.70 bits per heavy atom. The van der Waals surface area contributed by atoms with Gasteiger partial charge in [-0.15, -0.1) is 5.10 Å². The molecule has 0 unspecified atom stereocenters. The standard InChI is InChI=1S/C19H18ClN7O3/c1-12-17(21-11-26(12)9-13-3-5-14(20)6-4-13)18-24-27(19(29)30-18)10-16(28)23-15-7-8-22-25(15)2/h3-8,11H,9-10H2,1-2H3,(H,23,28). The number of anilines is 1. The van der Waals surface area contributed by atoms with E-state index in [1.165, 1.54) is 4.68 Å². The molecule has 0 aliphatic rings. The Morgan fingerprint density at radius 2 is 2.00 bits per heavy atom. The van der Waals surface area contributed by atoms with Crippen LogP contribution in [0.2, 0.25) is 5.02 Å². The molecule has 1 amide bonds. The maximum absolute atomic E-state index is 12.2. The zero-order valence-electron chi connectivity index (χ0n) is 16.2. The molecule has 0 saturated heterocycles. The quantitative estimate of drug-likeness (QED) is 0.504. The second kappa shape index (κ2) is 7.99. The zero-order valence-corrected chi connectivity index (χ0v) is 17.0. The summed E-state index contributed by atoms with van der Waals surface area (Å²) in [6.07, 6.45) is 3.20. The number of carbonyl (C=O) groups is 1. The van der Waals surface area contributed by atoms with E-state index in [4.69, 9.17) is 16.0 Å². The van der Waals surface area contributed by atoms with Gasteiger partial charge in [0.25, 0.3) is 5.89 Å². The molecule has 4 rings (SSSR count). The molecule has 0 fully saturated rings. The van der Waals surface area contributed by atoms with Gasteiger partial charge in [-0.3, -0.25) is 9.48 Å². The molecule has 0 aliphatic carbocycles. The summed E-state index contributed by atoms with van der Waals surface area (Å²) in [6.45, 7) is 2.14. The SMILES string of the molecule is Cc1c(-c2nn(CC(=O)Nc3ccnn3C)c(=O)o2)ncn1Cc1ccc(Cl)cc1. The predicted molar refractivity (Wildman–Crippen MR) is 109 cm³/mol. The maximum Gasteiger partial charge on any atom is 0.437 e. The van der Waals surface area contributed by atoms with E-state index in [9.17, 15) is 9.59 Å². The molecule has 1 aromatic carbocycles. The number of aromatic nitrogens is 6. The lowest BCUT2D eigenvalue weighted by atomic mass is 10.2. The highest BCUT2D eigenvalue weighted by Gasteiger charge is 2.18. The van der Waals surface area contributed by atoms with Gasteiger partial charge in [-0.1, -0.05) is 23.7 Å². The first kappa shape index (κ1) is 19.6. The van der Waals surface area contributed by atoms with Crippen LogP contribution in [-0.2, 0) is 24.9 Å². The minimum atomic E-state index is -0.739. The summed E-state index contributed by atoms with van der Waals surface area (Å²) >= 11 is 5.93. The van der Waals surface area contributed by atoms with Crippen LogP contribution in [-0.4, -0.2) is 35.0 Å². The fourth-order valence-electron chi connectivity index (χ4n) is 2.92. The minimum Gasteiger partial charge on any atom is -0.386 e. The van der Waals surface area contributed by atoms with Crippen LogP contribution in [0.1, 0.15) is 11.3 Å². The van der Waals surface area contributed by atoms with Gasteiger partial charge in [-0.2, -0.15) is 9.78 Å². The number of halogens is 1. The second-order valence-corrected chi connectivity index (χ2v) is 7.09. The van der Waals surface area contributed by atoms with Gasteiger partial charge in [0.2, 0.25) is 5.91 Å². The smallest absolute Gasteiger partial charge is 0.386 e. The van der Waals surface area contributed by atoms with Crippen LogP contribution in [0.25, 0.3) is 11.6 Å². The first-order valence-electron chi connectivity index (χ1n) is 9.03. The minimum absolute atomic E-state index is 0.0562. The Labute approximate surface area is 175 Å². The zero-order chi connectivity index (χ0) is 21.3. The van der Waals surface area contributed by atoms with Crippen molar-refractivity contribution in [3.63, 3.8) is 0 Å². The first-order valence-corrected chi connectivity index (χ1v) is 9.41. The molecule has 154 valence electrons. The lowest BCUT2D eigenvalue weighted by Crippen LogP contribution is -2.26. The van der Waals surface area contributed by atoms with Crippen molar-refractivity contribution in [1.29, 1.82) is 0 Å². The normalized spacial score (nSPS) is 11.0. The summed E-state index contributed by atoms with van der Waals surface area (Å²) in [6, 6.07) is 9.14. The Kier molecular flexibility index (Phi) is 5.23. The van der Waals surface area contributed by atoms with Crippen LogP contribution in [0, 0.1) is 6.92 Å². The highest BCUT2D eigenvalue weighted by molar-refractivity contribution is 6.30. The van der Waals surface area contributed by atoms with E-state index in [2.05, 4.69) is 20.5 Å². The molecular formula is C19H18ClN7O3. The third-order valence-electron chi connectivity index (χ3n) is 4.56. The average molecular weight is 428 g/mol. The van der Waals surface area contributed by atoms with Gasteiger partial charge < -0.3 is 14.3 Å². The Morgan fingerprint density at radius 1 is 1.23 bits per heavy atom. The van der Waals surface area contributed by atoms with Crippen LogP contribution in [0.15, 0.2) is 52.1 Å². The number of hydrogen-bond acceptors (Lipinski definition) is 6. The average Bonchev–Trinajstić information content (AvgIpc) is 3.38. The van der Waals surface area contributed by atoms with Crippen LogP contribution >= 0.6 is 11.6 Å². The molecule has 30 heavy (non-hydrogen) atoms. The Balaban J connectivity index is 1.51. The van der Waals surface area contributed by atoms with Gasteiger partial charge in [0.15, 0.2) is 0 Å². The number of benzene rings is 1. The third-order valence-corrected chi connectivity index (χ3v) is 4.81. The number of rotatable bonds is 6. The van der Waals surface area contributed by atoms with Gasteiger partial charge in [-0.25, -0.2) is 9.78 Å². The topological polar surface area (TPSA) is 113 Å². The van der Waals surface area contributed by atoms with Crippen molar-refractivity contribution in [2.24, 2.45) is 7.05 Å². The van der Waals surface area contributed by atoms with E-state index in [0.717, 1.165) is 15.9 Å². The number of nitrogens with one attached hydrogen (secondary N) is 1. The number of imidazole rings is 1. The molecule has 0 atom stereocenters. The number of nitrogens with zero attached hydrogens (tertiary/aromatic N) is 6. The fraction of sp³-hybridized carbons (Fsp3) is 0.211. The number of carbonyl (C=O) groups excluding carboxylic acids is 1. The van der Waals surface area contributed by atoms with Gasteiger partial charge in [0.05, 0.1) is 12.5 Å². The Hall–Kier alpha value is -3.66. The van der Waals surface area contributed by atoms with E-state index in [1.807, 2.05) is 35.8 Å². The van der Waals surface area contributed by atoms with Crippen LogP contribution in [0.4, 0.5) is 5.82 Å². The summed E-state index contributed by atoms with van der Waals surface area (Å²) in [4.78, 5) is 28.7.